The van der Waals surface area contributed by atoms with Gasteiger partial charge in [-0.15, -0.1) is 0 Å². The van der Waals surface area contributed by atoms with Crippen LogP contribution in [0.2, 0.25) is 0 Å². The van der Waals surface area contributed by atoms with Gasteiger partial charge in [-0.1, -0.05) is 12.1 Å². The Bertz CT molecular complexity index is 1310. The van der Waals surface area contributed by atoms with Gasteiger partial charge in [0.25, 0.3) is 15.9 Å². The molecule has 1 aliphatic rings. The van der Waals surface area contributed by atoms with Crippen LogP contribution in [0.3, 0.4) is 0 Å². The van der Waals surface area contributed by atoms with Gasteiger partial charge in [-0.2, -0.15) is 0 Å². The molecule has 3 amide bonds. The Hall–Kier alpha value is -4.05. The second kappa shape index (κ2) is 9.84. The first-order chi connectivity index (χ1) is 16.4. The number of nitrogens with one attached hydrogen (secondary N) is 3. The first kappa shape index (κ1) is 23.1. The molecule has 10 heteroatoms. The molecule has 1 saturated heterocycles. The van der Waals surface area contributed by atoms with E-state index < -0.39 is 15.9 Å². The van der Waals surface area contributed by atoms with E-state index in [0.717, 1.165) is 0 Å². The van der Waals surface area contributed by atoms with Gasteiger partial charge in [0.15, 0.2) is 0 Å². The average Bonchev–Trinajstić information content (AvgIpc) is 3.25. The Morgan fingerprint density at radius 1 is 1.03 bits per heavy atom. The highest BCUT2D eigenvalue weighted by Crippen LogP contribution is 2.23. The van der Waals surface area contributed by atoms with Gasteiger partial charge in [-0.3, -0.25) is 14.4 Å². The minimum atomic E-state index is -3.85. The summed E-state index contributed by atoms with van der Waals surface area (Å²) in [6.45, 7) is 3.44. The highest BCUT2D eigenvalue weighted by atomic mass is 32.2. The fourth-order valence-electron chi connectivity index (χ4n) is 3.49. The number of amides is 3. The van der Waals surface area contributed by atoms with E-state index in [1.54, 1.807) is 59.5 Å². The Balaban J connectivity index is 1.47. The number of carbonyl (C=O) groups excluding carboxylic acids is 2. The fourth-order valence-corrected chi connectivity index (χ4v) is 4.54. The van der Waals surface area contributed by atoms with Crippen LogP contribution in [0.5, 0.6) is 5.75 Å². The third-order valence-corrected chi connectivity index (χ3v) is 6.49. The average molecular weight is 481 g/mol. The number of nitrogens with zero attached hydrogens (tertiary/aromatic N) is 1. The first-order valence-electron chi connectivity index (χ1n) is 10.7. The number of hydrogen-bond donors (Lipinski definition) is 3. The largest absolute Gasteiger partial charge is 0.494 e. The summed E-state index contributed by atoms with van der Waals surface area (Å²) in [6.07, 6.45) is 0. The molecular weight excluding hydrogens is 456 g/mol. The van der Waals surface area contributed by atoms with Crippen LogP contribution < -0.4 is 25.0 Å². The van der Waals surface area contributed by atoms with Gasteiger partial charge in [-0.05, 0) is 67.6 Å². The summed E-state index contributed by atoms with van der Waals surface area (Å²) >= 11 is 0. The zero-order valence-electron chi connectivity index (χ0n) is 18.4. The van der Waals surface area contributed by atoms with Crippen molar-refractivity contribution in [3.05, 3.63) is 78.4 Å². The van der Waals surface area contributed by atoms with E-state index in [0.29, 0.717) is 36.8 Å². The van der Waals surface area contributed by atoms with Crippen molar-refractivity contribution in [2.24, 2.45) is 0 Å². The highest BCUT2D eigenvalue weighted by Gasteiger charge is 2.21. The fraction of sp³-hybridized carbons (Fsp3) is 0.167. The zero-order valence-corrected chi connectivity index (χ0v) is 19.3. The van der Waals surface area contributed by atoms with Gasteiger partial charge in [0.1, 0.15) is 5.75 Å². The lowest BCUT2D eigenvalue weighted by Crippen LogP contribution is -2.27. The molecule has 9 nitrogen and oxygen atoms in total. The molecule has 0 radical (unpaired) electrons. The number of carbonyl (C=O) groups is 2. The van der Waals surface area contributed by atoms with E-state index in [1.165, 1.54) is 18.2 Å². The Labute approximate surface area is 197 Å². The van der Waals surface area contributed by atoms with Crippen molar-refractivity contribution < 1.29 is 22.7 Å². The van der Waals surface area contributed by atoms with Gasteiger partial charge < -0.3 is 15.4 Å². The van der Waals surface area contributed by atoms with Crippen molar-refractivity contribution in [2.75, 3.05) is 34.6 Å². The van der Waals surface area contributed by atoms with Crippen LogP contribution in [0.25, 0.3) is 0 Å². The van der Waals surface area contributed by atoms with Crippen LogP contribution in [-0.2, 0) is 10.0 Å². The van der Waals surface area contributed by atoms with Gasteiger partial charge in [0, 0.05) is 35.7 Å². The monoisotopic (exact) mass is 480 g/mol. The standard InChI is InChI=1S/C24H24N4O5S/c1-2-33-21-9-11-22(12-10-21)34(31,32)27-19-7-3-5-17(15-19)23(29)26-18-6-4-8-20(16-18)28-14-13-25-24(28)30/h3-12,15-16,27H,2,13-14H2,1H3,(H,25,30)(H,26,29). The van der Waals surface area contributed by atoms with Crippen molar-refractivity contribution >= 4 is 39.0 Å². The predicted octanol–water partition coefficient (Wildman–Crippen LogP) is 3.67. The Morgan fingerprint density at radius 3 is 2.47 bits per heavy atom. The maximum absolute atomic E-state index is 12.8. The summed E-state index contributed by atoms with van der Waals surface area (Å²) < 4.78 is 33.3. The van der Waals surface area contributed by atoms with E-state index in [-0.39, 0.29) is 22.2 Å². The normalized spacial score (nSPS) is 13.3. The van der Waals surface area contributed by atoms with Crippen LogP contribution in [0.4, 0.5) is 21.9 Å². The second-order valence-electron chi connectivity index (χ2n) is 7.48. The molecule has 0 atom stereocenters. The molecule has 0 saturated carbocycles. The second-order valence-corrected chi connectivity index (χ2v) is 9.16. The molecule has 176 valence electrons. The summed E-state index contributed by atoms with van der Waals surface area (Å²) in [7, 11) is -3.85. The maximum atomic E-state index is 12.8. The summed E-state index contributed by atoms with van der Waals surface area (Å²) in [5, 5.41) is 5.52. The minimum absolute atomic E-state index is 0.0774. The SMILES string of the molecule is CCOc1ccc(S(=O)(=O)Nc2cccc(C(=O)Nc3cccc(N4CCNC4=O)c3)c2)cc1. The Kier molecular flexibility index (Phi) is 6.69. The summed E-state index contributed by atoms with van der Waals surface area (Å²) in [5.74, 6) is 0.166. The molecule has 3 N–H and O–H groups in total. The van der Waals surface area contributed by atoms with Crippen molar-refractivity contribution in [1.82, 2.24) is 5.32 Å². The van der Waals surface area contributed by atoms with Gasteiger partial charge >= 0.3 is 6.03 Å². The predicted molar refractivity (Wildman–Crippen MR) is 130 cm³/mol. The number of anilines is 3. The molecule has 1 heterocycles. The van der Waals surface area contributed by atoms with E-state index in [1.807, 2.05) is 6.92 Å². The van der Waals surface area contributed by atoms with Crippen molar-refractivity contribution in [1.29, 1.82) is 0 Å². The van der Waals surface area contributed by atoms with Gasteiger partial charge in [0.05, 0.1) is 11.5 Å². The van der Waals surface area contributed by atoms with E-state index >= 15 is 0 Å². The van der Waals surface area contributed by atoms with Crippen LogP contribution in [0, 0.1) is 0 Å². The van der Waals surface area contributed by atoms with Crippen LogP contribution >= 0.6 is 0 Å². The zero-order chi connectivity index (χ0) is 24.1. The van der Waals surface area contributed by atoms with Crippen LogP contribution in [0.1, 0.15) is 17.3 Å². The molecule has 0 aliphatic carbocycles. The molecule has 4 rings (SSSR count). The minimum Gasteiger partial charge on any atom is -0.494 e. The van der Waals surface area contributed by atoms with Gasteiger partial charge in [0.2, 0.25) is 0 Å². The molecule has 3 aromatic rings. The van der Waals surface area contributed by atoms with E-state index in [4.69, 9.17) is 4.74 Å². The molecule has 1 aliphatic heterocycles. The van der Waals surface area contributed by atoms with Crippen molar-refractivity contribution in [2.45, 2.75) is 11.8 Å². The summed E-state index contributed by atoms with van der Waals surface area (Å²) in [5.41, 5.74) is 1.72. The number of hydrogen-bond acceptors (Lipinski definition) is 5. The van der Waals surface area contributed by atoms with Crippen molar-refractivity contribution in [3.63, 3.8) is 0 Å². The van der Waals surface area contributed by atoms with Gasteiger partial charge in [-0.25, -0.2) is 13.2 Å². The third kappa shape index (κ3) is 5.29. The molecular formula is C24H24N4O5S. The maximum Gasteiger partial charge on any atom is 0.321 e. The summed E-state index contributed by atoms with van der Waals surface area (Å²) in [4.78, 5) is 26.4. The lowest BCUT2D eigenvalue weighted by molar-refractivity contribution is 0.102. The Morgan fingerprint density at radius 2 is 1.76 bits per heavy atom. The molecule has 34 heavy (non-hydrogen) atoms. The number of rotatable bonds is 8. The van der Waals surface area contributed by atoms with E-state index in [2.05, 4.69) is 15.4 Å². The lowest BCUT2D eigenvalue weighted by atomic mass is 10.2. The van der Waals surface area contributed by atoms with Crippen LogP contribution in [0.15, 0.2) is 77.7 Å². The molecule has 0 aromatic heterocycles. The first-order valence-corrected chi connectivity index (χ1v) is 12.2. The lowest BCUT2D eigenvalue weighted by Gasteiger charge is -2.15. The number of sulfonamides is 1. The summed E-state index contributed by atoms with van der Waals surface area (Å²) in [6, 6.07) is 19.1. The number of urea groups is 1. The smallest absolute Gasteiger partial charge is 0.321 e. The number of ether oxygens (including phenoxy) is 1. The quantitative estimate of drug-likeness (QED) is 0.455. The van der Waals surface area contributed by atoms with Crippen LogP contribution in [-0.4, -0.2) is 40.1 Å². The topological polar surface area (TPSA) is 117 Å². The molecule has 0 unspecified atom stereocenters. The molecule has 1 fully saturated rings. The highest BCUT2D eigenvalue weighted by molar-refractivity contribution is 7.92. The van der Waals surface area contributed by atoms with E-state index in [9.17, 15) is 18.0 Å². The molecule has 3 aromatic carbocycles. The molecule has 0 bridgehead atoms. The molecule has 0 spiro atoms. The third-order valence-electron chi connectivity index (χ3n) is 5.09. The number of benzene rings is 3. The van der Waals surface area contributed by atoms with Crippen molar-refractivity contribution in [3.8, 4) is 5.75 Å².